The van der Waals surface area contributed by atoms with E-state index in [1.165, 1.54) is 18.2 Å². The van der Waals surface area contributed by atoms with Crippen LogP contribution >= 0.6 is 0 Å². The van der Waals surface area contributed by atoms with E-state index in [0.717, 1.165) is 4.90 Å². The average Bonchev–Trinajstić information content (AvgIpc) is 2.27. The molecule has 1 rings (SSSR count). The number of benzene rings is 1. The molecule has 0 atom stereocenters. The lowest BCUT2D eigenvalue weighted by Gasteiger charge is -2.18. The first-order valence-corrected chi connectivity index (χ1v) is 4.92. The number of nitrogens with zero attached hydrogens (tertiary/aromatic N) is 1. The normalized spacial score (nSPS) is 9.50. The van der Waals surface area contributed by atoms with Crippen LogP contribution < -0.4 is 0 Å². The molecule has 3 N–H and O–H groups in total. The second-order valence-corrected chi connectivity index (χ2v) is 3.43. The molecule has 0 radical (unpaired) electrons. The van der Waals surface area contributed by atoms with E-state index in [9.17, 15) is 19.8 Å². The van der Waals surface area contributed by atoms with Crippen LogP contribution in [0, 0.1) is 12.3 Å². The Labute approximate surface area is 103 Å². The van der Waals surface area contributed by atoms with Crippen LogP contribution in [-0.2, 0) is 4.79 Å². The van der Waals surface area contributed by atoms with Crippen molar-refractivity contribution >= 4 is 11.9 Å². The molecule has 0 saturated carbocycles. The second kappa shape index (κ2) is 5.59. The number of rotatable bonds is 4. The number of amides is 1. The SMILES string of the molecule is C#CCN(CC(=O)O)C(=O)c1c(O)cccc1O. The summed E-state index contributed by atoms with van der Waals surface area (Å²) in [5.41, 5.74) is -0.367. The Morgan fingerprint density at radius 3 is 2.28 bits per heavy atom. The van der Waals surface area contributed by atoms with Gasteiger partial charge in [0.05, 0.1) is 6.54 Å². The van der Waals surface area contributed by atoms with E-state index in [1.54, 1.807) is 0 Å². The highest BCUT2D eigenvalue weighted by Gasteiger charge is 2.23. The molecule has 0 aliphatic carbocycles. The van der Waals surface area contributed by atoms with Crippen molar-refractivity contribution in [1.29, 1.82) is 0 Å². The molecule has 1 aromatic carbocycles. The van der Waals surface area contributed by atoms with E-state index in [2.05, 4.69) is 5.92 Å². The van der Waals surface area contributed by atoms with Gasteiger partial charge >= 0.3 is 5.97 Å². The molecular formula is C12H11NO5. The van der Waals surface area contributed by atoms with Crippen LogP contribution in [0.2, 0.25) is 0 Å². The Balaban J connectivity index is 3.10. The number of aromatic hydroxyl groups is 2. The van der Waals surface area contributed by atoms with Gasteiger partial charge in [0, 0.05) is 0 Å². The third kappa shape index (κ3) is 2.92. The van der Waals surface area contributed by atoms with Gasteiger partial charge < -0.3 is 20.2 Å². The molecule has 0 fully saturated rings. The van der Waals surface area contributed by atoms with Crippen LogP contribution in [0.15, 0.2) is 18.2 Å². The van der Waals surface area contributed by atoms with Gasteiger partial charge in [-0.15, -0.1) is 6.42 Å². The minimum atomic E-state index is -1.24. The maximum absolute atomic E-state index is 12.0. The molecule has 1 amide bonds. The van der Waals surface area contributed by atoms with Gasteiger partial charge in [-0.1, -0.05) is 12.0 Å². The van der Waals surface area contributed by atoms with E-state index in [-0.39, 0.29) is 12.1 Å². The van der Waals surface area contributed by atoms with Gasteiger partial charge in [-0.05, 0) is 12.1 Å². The van der Waals surface area contributed by atoms with E-state index in [4.69, 9.17) is 11.5 Å². The molecule has 0 saturated heterocycles. The van der Waals surface area contributed by atoms with Crippen LogP contribution in [0.5, 0.6) is 11.5 Å². The Bertz CT molecular complexity index is 497. The molecule has 0 aliphatic rings. The van der Waals surface area contributed by atoms with Gasteiger partial charge in [0.1, 0.15) is 23.6 Å². The molecule has 0 heterocycles. The zero-order valence-electron chi connectivity index (χ0n) is 9.33. The zero-order chi connectivity index (χ0) is 13.7. The van der Waals surface area contributed by atoms with Crippen molar-refractivity contribution in [2.45, 2.75) is 0 Å². The van der Waals surface area contributed by atoms with Crippen LogP contribution in [0.1, 0.15) is 10.4 Å². The van der Waals surface area contributed by atoms with E-state index in [1.807, 2.05) is 0 Å². The van der Waals surface area contributed by atoms with Crippen molar-refractivity contribution in [3.63, 3.8) is 0 Å². The van der Waals surface area contributed by atoms with Gasteiger partial charge in [-0.2, -0.15) is 0 Å². The number of terminal acetylenes is 1. The van der Waals surface area contributed by atoms with Crippen LogP contribution in [0.4, 0.5) is 0 Å². The summed E-state index contributed by atoms with van der Waals surface area (Å²) < 4.78 is 0. The highest BCUT2D eigenvalue weighted by atomic mass is 16.4. The number of hydrogen-bond acceptors (Lipinski definition) is 4. The summed E-state index contributed by atoms with van der Waals surface area (Å²) in [7, 11) is 0. The number of phenols is 2. The fourth-order valence-electron chi connectivity index (χ4n) is 1.38. The molecule has 1 aromatic rings. The first kappa shape index (κ1) is 13.4. The summed E-state index contributed by atoms with van der Waals surface area (Å²) >= 11 is 0. The molecule has 0 spiro atoms. The molecule has 0 unspecified atom stereocenters. The predicted molar refractivity (Wildman–Crippen MR) is 62.1 cm³/mol. The topological polar surface area (TPSA) is 98.1 Å². The number of carboxylic acids is 1. The largest absolute Gasteiger partial charge is 0.507 e. The summed E-state index contributed by atoms with van der Waals surface area (Å²) in [6, 6.07) is 3.77. The zero-order valence-corrected chi connectivity index (χ0v) is 9.33. The molecule has 94 valence electrons. The van der Waals surface area contributed by atoms with Crippen molar-refractivity contribution in [2.24, 2.45) is 0 Å². The predicted octanol–water partition coefficient (Wildman–Crippen LogP) is 0.258. The summed E-state index contributed by atoms with van der Waals surface area (Å²) in [5, 5.41) is 27.7. The fraction of sp³-hybridized carbons (Fsp3) is 0.167. The smallest absolute Gasteiger partial charge is 0.323 e. The van der Waals surface area contributed by atoms with Crippen molar-refractivity contribution in [2.75, 3.05) is 13.1 Å². The lowest BCUT2D eigenvalue weighted by atomic mass is 10.1. The highest BCUT2D eigenvalue weighted by Crippen LogP contribution is 2.27. The highest BCUT2D eigenvalue weighted by molar-refractivity contribution is 6.00. The van der Waals surface area contributed by atoms with Crippen LogP contribution in [-0.4, -0.2) is 45.2 Å². The second-order valence-electron chi connectivity index (χ2n) is 3.43. The monoisotopic (exact) mass is 249 g/mol. The third-order valence-electron chi connectivity index (χ3n) is 2.13. The number of carboxylic acid groups (broad SMARTS) is 1. The first-order chi connectivity index (χ1) is 8.47. The Kier molecular flexibility index (Phi) is 4.16. The average molecular weight is 249 g/mol. The maximum atomic E-state index is 12.0. The van der Waals surface area contributed by atoms with Crippen molar-refractivity contribution < 1.29 is 24.9 Å². The number of carbonyl (C=O) groups is 2. The van der Waals surface area contributed by atoms with Gasteiger partial charge in [0.2, 0.25) is 0 Å². The Hall–Kier alpha value is -2.68. The molecule has 6 heteroatoms. The van der Waals surface area contributed by atoms with Gasteiger partial charge in [-0.25, -0.2) is 0 Å². The van der Waals surface area contributed by atoms with E-state index in [0.29, 0.717) is 0 Å². The van der Waals surface area contributed by atoms with E-state index >= 15 is 0 Å². The molecular weight excluding hydrogens is 238 g/mol. The van der Waals surface area contributed by atoms with Crippen molar-refractivity contribution in [1.82, 2.24) is 4.90 Å². The fourth-order valence-corrected chi connectivity index (χ4v) is 1.38. The Morgan fingerprint density at radius 2 is 1.83 bits per heavy atom. The minimum absolute atomic E-state index is 0.237. The van der Waals surface area contributed by atoms with Crippen LogP contribution in [0.25, 0.3) is 0 Å². The number of carbonyl (C=O) groups excluding carboxylic acids is 1. The van der Waals surface area contributed by atoms with Gasteiger partial charge in [-0.3, -0.25) is 9.59 Å². The quantitative estimate of drug-likeness (QED) is 0.665. The maximum Gasteiger partial charge on any atom is 0.323 e. The summed E-state index contributed by atoms with van der Waals surface area (Å²) in [5.74, 6) is -0.818. The standard InChI is InChI=1S/C12H11NO5/c1-2-6-13(7-10(16)17)12(18)11-8(14)4-3-5-9(11)15/h1,3-5,14-15H,6-7H2,(H,16,17). The third-order valence-corrected chi connectivity index (χ3v) is 2.13. The number of phenolic OH excluding ortho intramolecular Hbond substituents is 2. The molecule has 0 bridgehead atoms. The number of hydrogen-bond donors (Lipinski definition) is 3. The summed E-state index contributed by atoms with van der Waals surface area (Å²) in [6.07, 6.45) is 5.04. The van der Waals surface area contributed by atoms with Crippen LogP contribution in [0.3, 0.4) is 0 Å². The lowest BCUT2D eigenvalue weighted by Crippen LogP contribution is -2.36. The minimum Gasteiger partial charge on any atom is -0.507 e. The molecule has 0 aliphatic heterocycles. The summed E-state index contributed by atoms with van der Waals surface area (Å²) in [4.78, 5) is 23.4. The molecule has 0 aromatic heterocycles. The lowest BCUT2D eigenvalue weighted by molar-refractivity contribution is -0.137. The van der Waals surface area contributed by atoms with Crippen molar-refractivity contribution in [3.05, 3.63) is 23.8 Å². The Morgan fingerprint density at radius 1 is 1.28 bits per heavy atom. The van der Waals surface area contributed by atoms with Crippen molar-refractivity contribution in [3.8, 4) is 23.8 Å². The summed E-state index contributed by atoms with van der Waals surface area (Å²) in [6.45, 7) is -0.851. The van der Waals surface area contributed by atoms with Gasteiger partial charge in [0.15, 0.2) is 0 Å². The van der Waals surface area contributed by atoms with Gasteiger partial charge in [0.25, 0.3) is 5.91 Å². The number of aliphatic carboxylic acids is 1. The van der Waals surface area contributed by atoms with E-state index < -0.39 is 29.9 Å². The molecule has 6 nitrogen and oxygen atoms in total. The first-order valence-electron chi connectivity index (χ1n) is 4.92. The molecule has 18 heavy (non-hydrogen) atoms.